The molecule has 0 bridgehead atoms. The summed E-state index contributed by atoms with van der Waals surface area (Å²) in [6.07, 6.45) is 3.73. The number of benzene rings is 1. The third kappa shape index (κ3) is 4.46. The molecular formula is C22H32N4O2. The molecule has 0 radical (unpaired) electrons. The van der Waals surface area contributed by atoms with Gasteiger partial charge in [0.15, 0.2) is 0 Å². The number of nitrogens with zero attached hydrogens (tertiary/aromatic N) is 4. The summed E-state index contributed by atoms with van der Waals surface area (Å²) in [5.74, 6) is 0.806. The number of rotatable bonds is 6. The lowest BCUT2D eigenvalue weighted by molar-refractivity contribution is 0.0684. The van der Waals surface area contributed by atoms with Crippen LogP contribution < -0.4 is 0 Å². The summed E-state index contributed by atoms with van der Waals surface area (Å²) in [6.45, 7) is 6.01. The van der Waals surface area contributed by atoms with E-state index in [0.29, 0.717) is 11.8 Å². The predicted octanol–water partition coefficient (Wildman–Crippen LogP) is 1.58. The zero-order valence-electron chi connectivity index (χ0n) is 16.7. The van der Waals surface area contributed by atoms with E-state index in [1.807, 2.05) is 17.8 Å². The molecule has 2 aliphatic rings. The smallest absolute Gasteiger partial charge is 0.0968 e. The molecule has 0 saturated carbocycles. The molecular weight excluding hydrogens is 352 g/mol. The number of piperidine rings is 1. The fourth-order valence-electron chi connectivity index (χ4n) is 4.75. The van der Waals surface area contributed by atoms with E-state index in [0.717, 1.165) is 63.4 Å². The van der Waals surface area contributed by atoms with Crippen LogP contribution in [0.5, 0.6) is 0 Å². The van der Waals surface area contributed by atoms with E-state index < -0.39 is 0 Å². The first-order chi connectivity index (χ1) is 13.6. The van der Waals surface area contributed by atoms with E-state index in [1.54, 1.807) is 0 Å². The normalized spacial score (nSPS) is 24.8. The van der Waals surface area contributed by atoms with Crippen molar-refractivity contribution in [1.29, 1.82) is 0 Å². The predicted molar refractivity (Wildman–Crippen MR) is 110 cm³/mol. The van der Waals surface area contributed by atoms with Gasteiger partial charge in [-0.05, 0) is 24.7 Å². The summed E-state index contributed by atoms with van der Waals surface area (Å²) in [5, 5.41) is 24.3. The molecule has 2 aliphatic heterocycles. The third-order valence-corrected chi connectivity index (χ3v) is 6.28. The molecule has 4 rings (SSSR count). The summed E-state index contributed by atoms with van der Waals surface area (Å²) in [7, 11) is 1.98. The lowest BCUT2D eigenvalue weighted by Crippen LogP contribution is -2.40. The molecule has 1 aromatic heterocycles. The van der Waals surface area contributed by atoms with Crippen molar-refractivity contribution in [2.24, 2.45) is 18.9 Å². The van der Waals surface area contributed by atoms with Crippen LogP contribution in [0, 0.1) is 11.8 Å². The minimum Gasteiger partial charge on any atom is -0.396 e. The lowest BCUT2D eigenvalue weighted by Gasteiger charge is -2.32. The molecule has 2 saturated heterocycles. The van der Waals surface area contributed by atoms with Crippen LogP contribution in [-0.2, 0) is 13.6 Å². The maximum absolute atomic E-state index is 9.93. The minimum absolute atomic E-state index is 0.132. The highest BCUT2D eigenvalue weighted by Gasteiger charge is 2.34. The van der Waals surface area contributed by atoms with Crippen molar-refractivity contribution in [3.63, 3.8) is 0 Å². The second kappa shape index (κ2) is 8.74. The number of hydrogen-bond acceptors (Lipinski definition) is 5. The first-order valence-corrected chi connectivity index (χ1v) is 10.4. The highest BCUT2D eigenvalue weighted by atomic mass is 16.3. The standard InChI is InChI=1S/C22H32N4O2/c1-24-11-19(22(23-24)17-5-3-2-4-6-17)14-26-13-18(20(15-26)16-27)12-25-9-7-21(28)8-10-25/h2-6,11,18,20-21,27-28H,7-10,12-16H2,1H3/t18-,20-/m1/s1. The van der Waals surface area contributed by atoms with E-state index in [-0.39, 0.29) is 12.7 Å². The Hall–Kier alpha value is -1.73. The first kappa shape index (κ1) is 19.6. The van der Waals surface area contributed by atoms with Gasteiger partial charge in [0.25, 0.3) is 0 Å². The van der Waals surface area contributed by atoms with Crippen molar-refractivity contribution in [3.8, 4) is 11.3 Å². The minimum atomic E-state index is -0.132. The fourth-order valence-corrected chi connectivity index (χ4v) is 4.75. The second-order valence-electron chi connectivity index (χ2n) is 8.47. The van der Waals surface area contributed by atoms with Crippen LogP contribution in [0.3, 0.4) is 0 Å². The van der Waals surface area contributed by atoms with Crippen molar-refractivity contribution in [3.05, 3.63) is 42.1 Å². The van der Waals surface area contributed by atoms with E-state index in [9.17, 15) is 10.2 Å². The Kier molecular flexibility index (Phi) is 6.11. The third-order valence-electron chi connectivity index (χ3n) is 6.28. The zero-order chi connectivity index (χ0) is 19.5. The number of hydrogen-bond donors (Lipinski definition) is 2. The summed E-state index contributed by atoms with van der Waals surface area (Å²) < 4.78 is 1.90. The van der Waals surface area contributed by atoms with Gasteiger partial charge in [-0.3, -0.25) is 9.58 Å². The van der Waals surface area contributed by atoms with Crippen LogP contribution in [0.4, 0.5) is 0 Å². The summed E-state index contributed by atoms with van der Waals surface area (Å²) in [5.41, 5.74) is 3.45. The number of aliphatic hydroxyl groups is 2. The van der Waals surface area contributed by atoms with Crippen molar-refractivity contribution in [1.82, 2.24) is 19.6 Å². The van der Waals surface area contributed by atoms with E-state index in [4.69, 9.17) is 5.10 Å². The Morgan fingerprint density at radius 3 is 2.46 bits per heavy atom. The highest BCUT2D eigenvalue weighted by molar-refractivity contribution is 5.62. The maximum atomic E-state index is 9.93. The molecule has 0 aliphatic carbocycles. The highest BCUT2D eigenvalue weighted by Crippen LogP contribution is 2.29. The second-order valence-corrected chi connectivity index (χ2v) is 8.47. The average molecular weight is 385 g/mol. The molecule has 28 heavy (non-hydrogen) atoms. The summed E-state index contributed by atoms with van der Waals surface area (Å²) in [6, 6.07) is 10.4. The van der Waals surface area contributed by atoms with Crippen molar-refractivity contribution in [2.75, 3.05) is 39.3 Å². The average Bonchev–Trinajstić information content (AvgIpc) is 3.27. The monoisotopic (exact) mass is 384 g/mol. The van der Waals surface area contributed by atoms with Gasteiger partial charge in [-0.15, -0.1) is 0 Å². The van der Waals surface area contributed by atoms with Gasteiger partial charge in [0, 0.05) is 70.2 Å². The number of aryl methyl sites for hydroxylation is 1. The molecule has 2 fully saturated rings. The van der Waals surface area contributed by atoms with Crippen LogP contribution in [-0.4, -0.2) is 75.2 Å². The van der Waals surface area contributed by atoms with Crippen molar-refractivity contribution < 1.29 is 10.2 Å². The molecule has 152 valence electrons. The van der Waals surface area contributed by atoms with Gasteiger partial charge >= 0.3 is 0 Å². The Morgan fingerprint density at radius 2 is 1.75 bits per heavy atom. The van der Waals surface area contributed by atoms with Crippen molar-refractivity contribution in [2.45, 2.75) is 25.5 Å². The molecule has 2 aromatic rings. The quantitative estimate of drug-likeness (QED) is 0.792. The molecule has 1 aromatic carbocycles. The Bertz CT molecular complexity index is 755. The fraction of sp³-hybridized carbons (Fsp3) is 0.591. The zero-order valence-corrected chi connectivity index (χ0v) is 16.7. The molecule has 0 unspecified atom stereocenters. The van der Waals surface area contributed by atoms with Gasteiger partial charge in [0.1, 0.15) is 0 Å². The molecule has 6 nitrogen and oxygen atoms in total. The topological polar surface area (TPSA) is 64.8 Å². The summed E-state index contributed by atoms with van der Waals surface area (Å²) >= 11 is 0. The number of likely N-dealkylation sites (tertiary alicyclic amines) is 2. The molecule has 0 amide bonds. The van der Waals surface area contributed by atoms with Crippen LogP contribution in [0.1, 0.15) is 18.4 Å². The van der Waals surface area contributed by atoms with Gasteiger partial charge < -0.3 is 15.1 Å². The number of aliphatic hydroxyl groups excluding tert-OH is 2. The van der Waals surface area contributed by atoms with Crippen LogP contribution in [0.15, 0.2) is 36.5 Å². The van der Waals surface area contributed by atoms with Gasteiger partial charge in [-0.2, -0.15) is 5.10 Å². The van der Waals surface area contributed by atoms with Gasteiger partial charge in [-0.25, -0.2) is 0 Å². The maximum Gasteiger partial charge on any atom is 0.0968 e. The molecule has 0 spiro atoms. The van der Waals surface area contributed by atoms with Crippen molar-refractivity contribution >= 4 is 0 Å². The molecule has 6 heteroatoms. The van der Waals surface area contributed by atoms with E-state index in [2.05, 4.69) is 40.3 Å². The van der Waals surface area contributed by atoms with Crippen LogP contribution in [0.25, 0.3) is 11.3 Å². The van der Waals surface area contributed by atoms with Gasteiger partial charge in [-0.1, -0.05) is 30.3 Å². The summed E-state index contributed by atoms with van der Waals surface area (Å²) in [4.78, 5) is 4.93. The van der Waals surface area contributed by atoms with E-state index in [1.165, 1.54) is 5.56 Å². The Morgan fingerprint density at radius 1 is 1.04 bits per heavy atom. The number of aromatic nitrogens is 2. The molecule has 2 atom stereocenters. The van der Waals surface area contributed by atoms with Gasteiger partial charge in [0.2, 0.25) is 0 Å². The Labute approximate surface area is 167 Å². The first-order valence-electron chi connectivity index (χ1n) is 10.4. The molecule has 3 heterocycles. The van der Waals surface area contributed by atoms with Gasteiger partial charge in [0.05, 0.1) is 11.8 Å². The largest absolute Gasteiger partial charge is 0.396 e. The lowest BCUT2D eigenvalue weighted by atomic mass is 9.95. The van der Waals surface area contributed by atoms with E-state index >= 15 is 0 Å². The Balaban J connectivity index is 1.42. The molecule has 2 N–H and O–H groups in total. The SMILES string of the molecule is Cn1cc(CN2C[C@@H](CN3CCC(O)CC3)[C@@H](CO)C2)c(-c2ccccc2)n1. The van der Waals surface area contributed by atoms with Crippen LogP contribution >= 0.6 is 0 Å². The van der Waals surface area contributed by atoms with Crippen LogP contribution in [0.2, 0.25) is 0 Å².